The van der Waals surface area contributed by atoms with Crippen LogP contribution in [-0.2, 0) is 16.6 Å². The number of hydrogen-bond acceptors (Lipinski definition) is 5. The maximum Gasteiger partial charge on any atom is 0.240 e. The van der Waals surface area contributed by atoms with E-state index in [-0.39, 0.29) is 27.3 Å². The minimum Gasteiger partial charge on any atom is -0.493 e. The second-order valence-electron chi connectivity index (χ2n) is 8.23. The van der Waals surface area contributed by atoms with Gasteiger partial charge in [0.05, 0.1) is 17.7 Å². The van der Waals surface area contributed by atoms with Gasteiger partial charge >= 0.3 is 0 Å². The second-order valence-corrected chi connectivity index (χ2v) is 11.1. The molecule has 5 rings (SSSR count). The summed E-state index contributed by atoms with van der Waals surface area (Å²) in [6.45, 7) is 0.403. The van der Waals surface area contributed by atoms with Crippen LogP contribution in [0.15, 0.2) is 105 Å². The van der Waals surface area contributed by atoms with E-state index in [1.807, 2.05) is 60.7 Å². The summed E-state index contributed by atoms with van der Waals surface area (Å²) in [6.07, 6.45) is 0. The maximum atomic E-state index is 11.9. The van der Waals surface area contributed by atoms with Gasteiger partial charge in [0.15, 0.2) is 5.69 Å². The molecular weight excluding hydrogens is 574 g/mol. The quantitative estimate of drug-likeness (QED) is 0.160. The van der Waals surface area contributed by atoms with Crippen LogP contribution >= 0.6 is 28.1 Å². The van der Waals surface area contributed by atoms with Crippen molar-refractivity contribution in [3.8, 4) is 5.88 Å². The van der Waals surface area contributed by atoms with E-state index in [0.717, 1.165) is 26.3 Å². The summed E-state index contributed by atoms with van der Waals surface area (Å²) in [5.41, 5.74) is 2.21. The molecular formula is C26H20BrN5O3S2. The number of nitrogens with one attached hydrogen (secondary N) is 1. The number of nitrogens with zero attached hydrogens (tertiary/aromatic N) is 3. The standard InChI is InChI=1S/C26H20BrN5O3S2/c27-18-12-13-20-22(14-18)32(15-17-8-5-7-16-6-1-2-9-19(16)17)25(33)24(20)30-31-26(36)29-21-10-3-4-11-23(21)37(28,34)35/h1-14,33H,15H2,(H,29,36)(H2,28,34,35). The topological polar surface area (TPSA) is 122 Å². The Kier molecular flexibility index (Phi) is 6.78. The number of hydrogen-bond donors (Lipinski definition) is 3. The van der Waals surface area contributed by atoms with Gasteiger partial charge < -0.3 is 15.0 Å². The first-order valence-electron chi connectivity index (χ1n) is 11.0. The number of rotatable bonds is 5. The Hall–Kier alpha value is -3.64. The zero-order valence-corrected chi connectivity index (χ0v) is 22.4. The first-order valence-corrected chi connectivity index (χ1v) is 13.8. The van der Waals surface area contributed by atoms with Crippen LogP contribution in [0.3, 0.4) is 0 Å². The van der Waals surface area contributed by atoms with Crippen LogP contribution in [0.4, 0.5) is 11.4 Å². The van der Waals surface area contributed by atoms with Crippen molar-refractivity contribution < 1.29 is 13.5 Å². The molecule has 0 saturated carbocycles. The zero-order valence-electron chi connectivity index (χ0n) is 19.2. The van der Waals surface area contributed by atoms with Crippen molar-refractivity contribution in [2.75, 3.05) is 5.32 Å². The molecule has 1 heterocycles. The Morgan fingerprint density at radius 2 is 1.73 bits per heavy atom. The molecule has 0 unspecified atom stereocenters. The molecule has 0 amide bonds. The fourth-order valence-corrected chi connectivity index (χ4v) is 5.40. The molecule has 11 heteroatoms. The third-order valence-electron chi connectivity index (χ3n) is 5.86. The van der Waals surface area contributed by atoms with Gasteiger partial charge in [-0.2, -0.15) is 0 Å². The van der Waals surface area contributed by atoms with Crippen LogP contribution in [0.1, 0.15) is 5.56 Å². The molecule has 37 heavy (non-hydrogen) atoms. The highest BCUT2D eigenvalue weighted by atomic mass is 79.9. The third kappa shape index (κ3) is 5.12. The Balaban J connectivity index is 1.52. The minimum absolute atomic E-state index is 0.0717. The third-order valence-corrected chi connectivity index (χ3v) is 7.50. The SMILES string of the molecule is NS(=O)(=O)c1ccccc1NC(=S)N=Nc1c(O)n(Cc2cccc3ccccc23)c2cc(Br)ccc12. The van der Waals surface area contributed by atoms with E-state index < -0.39 is 10.0 Å². The van der Waals surface area contributed by atoms with Crippen LogP contribution in [0.25, 0.3) is 21.7 Å². The minimum atomic E-state index is -3.97. The molecule has 5 aromatic rings. The molecule has 0 bridgehead atoms. The van der Waals surface area contributed by atoms with Crippen molar-refractivity contribution in [3.05, 3.63) is 95.0 Å². The predicted octanol–water partition coefficient (Wildman–Crippen LogP) is 6.44. The molecule has 0 spiro atoms. The van der Waals surface area contributed by atoms with Crippen molar-refractivity contribution in [1.29, 1.82) is 0 Å². The van der Waals surface area contributed by atoms with E-state index in [2.05, 4.69) is 31.5 Å². The number of primary sulfonamides is 1. The molecule has 186 valence electrons. The van der Waals surface area contributed by atoms with E-state index in [9.17, 15) is 13.5 Å². The number of sulfonamides is 1. The van der Waals surface area contributed by atoms with Crippen molar-refractivity contribution in [3.63, 3.8) is 0 Å². The van der Waals surface area contributed by atoms with Crippen molar-refractivity contribution in [1.82, 2.24) is 4.57 Å². The summed E-state index contributed by atoms with van der Waals surface area (Å²) in [4.78, 5) is -0.119. The normalized spacial score (nSPS) is 11.9. The first kappa shape index (κ1) is 25.0. The van der Waals surface area contributed by atoms with Gasteiger partial charge in [0, 0.05) is 9.86 Å². The fourth-order valence-electron chi connectivity index (χ4n) is 4.20. The molecule has 0 aliphatic heterocycles. The number of azo groups is 1. The lowest BCUT2D eigenvalue weighted by Gasteiger charge is -2.10. The Bertz CT molecular complexity index is 1810. The van der Waals surface area contributed by atoms with E-state index >= 15 is 0 Å². The Labute approximate surface area is 226 Å². The molecule has 0 saturated heterocycles. The summed E-state index contributed by atoms with van der Waals surface area (Å²) >= 11 is 8.77. The predicted molar refractivity (Wildman–Crippen MR) is 153 cm³/mol. The molecule has 4 aromatic carbocycles. The largest absolute Gasteiger partial charge is 0.493 e. The molecule has 8 nitrogen and oxygen atoms in total. The summed E-state index contributed by atoms with van der Waals surface area (Å²) in [7, 11) is -3.97. The molecule has 0 aliphatic rings. The number of halogens is 1. The molecule has 0 fully saturated rings. The highest BCUT2D eigenvalue weighted by molar-refractivity contribution is 9.10. The number of aromatic nitrogens is 1. The lowest BCUT2D eigenvalue weighted by molar-refractivity contribution is 0.430. The maximum absolute atomic E-state index is 11.9. The van der Waals surface area contributed by atoms with Gasteiger partial charge in [0.2, 0.25) is 21.0 Å². The van der Waals surface area contributed by atoms with Gasteiger partial charge in [-0.25, -0.2) is 13.6 Å². The van der Waals surface area contributed by atoms with E-state index in [0.29, 0.717) is 11.9 Å². The van der Waals surface area contributed by atoms with Crippen LogP contribution in [0, 0.1) is 0 Å². The van der Waals surface area contributed by atoms with Gasteiger partial charge in [-0.1, -0.05) is 70.5 Å². The van der Waals surface area contributed by atoms with Gasteiger partial charge in [-0.15, -0.1) is 10.2 Å². The lowest BCUT2D eigenvalue weighted by atomic mass is 10.0. The average Bonchev–Trinajstić information content (AvgIpc) is 3.12. The molecule has 0 aliphatic carbocycles. The van der Waals surface area contributed by atoms with Gasteiger partial charge in [0.1, 0.15) is 4.90 Å². The zero-order chi connectivity index (χ0) is 26.2. The summed E-state index contributed by atoms with van der Waals surface area (Å²) in [5, 5.41) is 30.3. The monoisotopic (exact) mass is 593 g/mol. The summed E-state index contributed by atoms with van der Waals surface area (Å²) in [6, 6.07) is 25.8. The van der Waals surface area contributed by atoms with Gasteiger partial charge in [0.25, 0.3) is 0 Å². The second kappa shape index (κ2) is 10.0. The highest BCUT2D eigenvalue weighted by Crippen LogP contribution is 2.41. The lowest BCUT2D eigenvalue weighted by Crippen LogP contribution is -2.16. The number of nitrogens with two attached hydrogens (primary N) is 1. The van der Waals surface area contributed by atoms with Crippen LogP contribution in [0.2, 0.25) is 0 Å². The number of thiocarbonyl (C=S) groups is 1. The molecule has 4 N–H and O–H groups in total. The number of aromatic hydroxyl groups is 1. The first-order chi connectivity index (χ1) is 17.7. The highest BCUT2D eigenvalue weighted by Gasteiger charge is 2.19. The number of fused-ring (bicyclic) bond motifs is 2. The Morgan fingerprint density at radius 1 is 1.00 bits per heavy atom. The number of benzene rings is 4. The smallest absolute Gasteiger partial charge is 0.240 e. The van der Waals surface area contributed by atoms with E-state index in [1.165, 1.54) is 12.1 Å². The molecule has 0 atom stereocenters. The van der Waals surface area contributed by atoms with Crippen LogP contribution < -0.4 is 10.5 Å². The van der Waals surface area contributed by atoms with Crippen molar-refractivity contribution in [2.45, 2.75) is 11.4 Å². The fraction of sp³-hybridized carbons (Fsp3) is 0.0385. The average molecular weight is 595 g/mol. The van der Waals surface area contributed by atoms with E-state index in [4.69, 9.17) is 17.4 Å². The van der Waals surface area contributed by atoms with Gasteiger partial charge in [-0.3, -0.25) is 0 Å². The number of para-hydroxylation sites is 1. The van der Waals surface area contributed by atoms with Crippen molar-refractivity contribution >= 4 is 76.3 Å². The summed E-state index contributed by atoms with van der Waals surface area (Å²) < 4.78 is 26.3. The molecule has 1 aromatic heterocycles. The molecule has 0 radical (unpaired) electrons. The van der Waals surface area contributed by atoms with Crippen LogP contribution in [0.5, 0.6) is 5.88 Å². The van der Waals surface area contributed by atoms with E-state index in [1.54, 1.807) is 16.7 Å². The summed E-state index contributed by atoms with van der Waals surface area (Å²) in [5.74, 6) is -0.0717. The number of anilines is 1. The van der Waals surface area contributed by atoms with Crippen LogP contribution in [-0.4, -0.2) is 23.2 Å². The van der Waals surface area contributed by atoms with Crippen molar-refractivity contribution in [2.24, 2.45) is 15.4 Å². The van der Waals surface area contributed by atoms with Gasteiger partial charge in [-0.05, 0) is 58.9 Å². The Morgan fingerprint density at radius 3 is 2.54 bits per heavy atom.